The summed E-state index contributed by atoms with van der Waals surface area (Å²) in [6.45, 7) is 0.696. The number of aromatic amines is 1. The summed E-state index contributed by atoms with van der Waals surface area (Å²) in [7, 11) is 0. The highest BCUT2D eigenvalue weighted by Gasteiger charge is 2.05. The Morgan fingerprint density at radius 3 is 3.05 bits per heavy atom. The molecule has 2 heterocycles. The fraction of sp³-hybridized carbons (Fsp3) is 0.0714. The van der Waals surface area contributed by atoms with Gasteiger partial charge in [0.2, 0.25) is 0 Å². The van der Waals surface area contributed by atoms with Gasteiger partial charge in [-0.1, -0.05) is 29.8 Å². The zero-order chi connectivity index (χ0) is 13.2. The molecule has 96 valence electrons. The van der Waals surface area contributed by atoms with Gasteiger partial charge in [0.05, 0.1) is 5.69 Å². The second kappa shape index (κ2) is 5.23. The molecule has 5 heteroatoms. The largest absolute Gasteiger partial charge is 0.378 e. The molecular weight excluding hydrogens is 326 g/mol. The van der Waals surface area contributed by atoms with E-state index in [9.17, 15) is 0 Å². The third-order valence-corrected chi connectivity index (χ3v) is 3.68. The van der Waals surface area contributed by atoms with E-state index in [2.05, 4.69) is 43.3 Å². The zero-order valence-corrected chi connectivity index (χ0v) is 12.3. The number of H-pyrrole nitrogens is 1. The molecule has 0 bridgehead atoms. The van der Waals surface area contributed by atoms with E-state index in [-0.39, 0.29) is 0 Å². The lowest BCUT2D eigenvalue weighted by Crippen LogP contribution is -2.00. The van der Waals surface area contributed by atoms with E-state index in [1.165, 1.54) is 10.9 Å². The van der Waals surface area contributed by atoms with E-state index in [4.69, 9.17) is 11.6 Å². The first-order valence-corrected chi connectivity index (χ1v) is 7.01. The molecule has 0 saturated heterocycles. The summed E-state index contributed by atoms with van der Waals surface area (Å²) in [6.07, 6.45) is 3.69. The van der Waals surface area contributed by atoms with Crippen LogP contribution in [0.1, 0.15) is 5.56 Å². The highest BCUT2D eigenvalue weighted by Crippen LogP contribution is 2.25. The second-order valence-corrected chi connectivity index (χ2v) is 5.48. The topological polar surface area (TPSA) is 40.7 Å². The second-order valence-electron chi connectivity index (χ2n) is 4.20. The third-order valence-electron chi connectivity index (χ3n) is 2.95. The van der Waals surface area contributed by atoms with Crippen LogP contribution in [0.4, 0.5) is 5.69 Å². The summed E-state index contributed by atoms with van der Waals surface area (Å²) >= 11 is 9.44. The van der Waals surface area contributed by atoms with Gasteiger partial charge in [-0.05, 0) is 33.6 Å². The summed E-state index contributed by atoms with van der Waals surface area (Å²) < 4.78 is 0.901. The van der Waals surface area contributed by atoms with E-state index in [1.807, 2.05) is 24.4 Å². The van der Waals surface area contributed by atoms with Gasteiger partial charge < -0.3 is 10.3 Å². The Morgan fingerprint density at radius 2 is 2.16 bits per heavy atom. The van der Waals surface area contributed by atoms with Gasteiger partial charge in [-0.25, -0.2) is 4.98 Å². The Kier molecular flexibility index (Phi) is 3.44. The van der Waals surface area contributed by atoms with Crippen molar-refractivity contribution >= 4 is 44.1 Å². The number of benzene rings is 1. The summed E-state index contributed by atoms with van der Waals surface area (Å²) in [5.41, 5.74) is 3.16. The predicted molar refractivity (Wildman–Crippen MR) is 82.6 cm³/mol. The van der Waals surface area contributed by atoms with Gasteiger partial charge in [0.1, 0.15) is 0 Å². The molecule has 0 aliphatic carbocycles. The Balaban J connectivity index is 1.84. The van der Waals surface area contributed by atoms with Crippen molar-refractivity contribution in [2.75, 3.05) is 5.32 Å². The van der Waals surface area contributed by atoms with E-state index < -0.39 is 0 Å². The number of para-hydroxylation sites is 1. The average molecular weight is 337 g/mol. The van der Waals surface area contributed by atoms with Gasteiger partial charge in [-0.2, -0.15) is 0 Å². The number of nitrogens with one attached hydrogen (secondary N) is 2. The van der Waals surface area contributed by atoms with Crippen molar-refractivity contribution in [2.24, 2.45) is 0 Å². The van der Waals surface area contributed by atoms with Crippen molar-refractivity contribution in [3.05, 3.63) is 57.9 Å². The van der Waals surface area contributed by atoms with E-state index >= 15 is 0 Å². The minimum absolute atomic E-state index is 0.475. The zero-order valence-electron chi connectivity index (χ0n) is 9.95. The Morgan fingerprint density at radius 1 is 1.32 bits per heavy atom. The first kappa shape index (κ1) is 12.5. The molecule has 3 rings (SSSR count). The summed E-state index contributed by atoms with van der Waals surface area (Å²) in [5, 5.41) is 5.00. The molecule has 3 nitrogen and oxygen atoms in total. The Labute approximate surface area is 124 Å². The fourth-order valence-electron chi connectivity index (χ4n) is 2.01. The molecule has 0 amide bonds. The summed E-state index contributed by atoms with van der Waals surface area (Å²) in [4.78, 5) is 7.34. The summed E-state index contributed by atoms with van der Waals surface area (Å²) in [5.74, 6) is 0. The Bertz CT molecular complexity index is 724. The van der Waals surface area contributed by atoms with Gasteiger partial charge in [0.25, 0.3) is 0 Å². The van der Waals surface area contributed by atoms with Crippen LogP contribution in [0.15, 0.2) is 47.2 Å². The minimum Gasteiger partial charge on any atom is -0.378 e. The molecule has 1 aromatic carbocycles. The number of anilines is 1. The monoisotopic (exact) mass is 335 g/mol. The van der Waals surface area contributed by atoms with Gasteiger partial charge in [0, 0.05) is 34.3 Å². The van der Waals surface area contributed by atoms with Crippen LogP contribution in [0.3, 0.4) is 0 Å². The number of rotatable bonds is 3. The lowest BCUT2D eigenvalue weighted by Gasteiger charge is -2.07. The maximum Gasteiger partial charge on any atom is 0.152 e. The molecule has 2 aromatic heterocycles. The van der Waals surface area contributed by atoms with E-state index in [0.717, 1.165) is 15.7 Å². The maximum absolute atomic E-state index is 6.05. The fourth-order valence-corrected chi connectivity index (χ4v) is 2.52. The first-order chi connectivity index (χ1) is 9.24. The van der Waals surface area contributed by atoms with Crippen molar-refractivity contribution in [1.82, 2.24) is 9.97 Å². The van der Waals surface area contributed by atoms with Gasteiger partial charge in [-0.3, -0.25) is 0 Å². The van der Waals surface area contributed by atoms with Crippen LogP contribution in [-0.2, 0) is 6.54 Å². The molecule has 0 fully saturated rings. The van der Waals surface area contributed by atoms with Crippen molar-refractivity contribution in [2.45, 2.75) is 6.54 Å². The van der Waals surface area contributed by atoms with Crippen LogP contribution < -0.4 is 5.32 Å². The molecule has 2 N–H and O–H groups in total. The highest BCUT2D eigenvalue weighted by molar-refractivity contribution is 9.10. The predicted octanol–water partition coefficient (Wildman–Crippen LogP) is 4.59. The molecule has 0 saturated carbocycles. The van der Waals surface area contributed by atoms with Crippen LogP contribution in [0.25, 0.3) is 10.9 Å². The van der Waals surface area contributed by atoms with Gasteiger partial charge in [-0.15, -0.1) is 0 Å². The number of halogens is 2. The molecule has 0 atom stereocenters. The average Bonchev–Trinajstić information content (AvgIpc) is 2.83. The Hall–Kier alpha value is -1.52. The number of pyridine rings is 1. The number of fused-ring (bicyclic) bond motifs is 1. The smallest absolute Gasteiger partial charge is 0.152 e. The maximum atomic E-state index is 6.05. The molecule has 0 radical (unpaired) electrons. The molecule has 0 aliphatic heterocycles. The van der Waals surface area contributed by atoms with Gasteiger partial charge >= 0.3 is 0 Å². The van der Waals surface area contributed by atoms with Crippen molar-refractivity contribution in [1.29, 1.82) is 0 Å². The number of hydrogen-bond donors (Lipinski definition) is 2. The SMILES string of the molecule is Clc1ncc(Br)cc1NCc1c[nH]c2ccccc12. The number of hydrogen-bond acceptors (Lipinski definition) is 2. The lowest BCUT2D eigenvalue weighted by atomic mass is 10.2. The van der Waals surface area contributed by atoms with E-state index in [1.54, 1.807) is 6.20 Å². The van der Waals surface area contributed by atoms with Crippen molar-refractivity contribution in [3.63, 3.8) is 0 Å². The molecule has 3 aromatic rings. The molecule has 0 spiro atoms. The molecule has 0 unspecified atom stereocenters. The van der Waals surface area contributed by atoms with Gasteiger partial charge in [0.15, 0.2) is 5.15 Å². The number of nitrogens with zero attached hydrogens (tertiary/aromatic N) is 1. The molecule has 19 heavy (non-hydrogen) atoms. The van der Waals surface area contributed by atoms with Crippen molar-refractivity contribution in [3.8, 4) is 0 Å². The highest BCUT2D eigenvalue weighted by atomic mass is 79.9. The van der Waals surface area contributed by atoms with Crippen LogP contribution >= 0.6 is 27.5 Å². The van der Waals surface area contributed by atoms with Crippen LogP contribution in [-0.4, -0.2) is 9.97 Å². The number of aromatic nitrogens is 2. The molecular formula is C14H11BrClN3. The first-order valence-electron chi connectivity index (χ1n) is 5.84. The normalized spacial score (nSPS) is 10.8. The van der Waals surface area contributed by atoms with Crippen molar-refractivity contribution < 1.29 is 0 Å². The lowest BCUT2D eigenvalue weighted by molar-refractivity contribution is 1.15. The molecule has 0 aliphatic rings. The van der Waals surface area contributed by atoms with E-state index in [0.29, 0.717) is 11.7 Å². The standard InChI is InChI=1S/C14H11BrClN3/c15-10-5-13(14(16)19-8-10)18-7-9-6-17-12-4-2-1-3-11(9)12/h1-6,8,17-18H,7H2. The van der Waals surface area contributed by atoms with Crippen LogP contribution in [0, 0.1) is 0 Å². The third kappa shape index (κ3) is 2.60. The van der Waals surface area contributed by atoms with Crippen LogP contribution in [0.5, 0.6) is 0 Å². The summed E-state index contributed by atoms with van der Waals surface area (Å²) in [6, 6.07) is 10.1. The quantitative estimate of drug-likeness (QED) is 0.687. The van der Waals surface area contributed by atoms with Crippen LogP contribution in [0.2, 0.25) is 5.15 Å². The minimum atomic E-state index is 0.475.